The molecule has 1 aromatic carbocycles. The topological polar surface area (TPSA) is 121 Å². The third-order valence-corrected chi connectivity index (χ3v) is 7.00. The number of hydrogen-bond donors (Lipinski definition) is 0. The van der Waals surface area contributed by atoms with Crippen LogP contribution in [0.15, 0.2) is 24.3 Å². The zero-order chi connectivity index (χ0) is 23.1. The second kappa shape index (κ2) is 13.0. The monoisotopic (exact) mass is 636 g/mol. The van der Waals surface area contributed by atoms with Crippen LogP contribution < -0.4 is 10.2 Å². The maximum Gasteiger partial charge on any atom is 4.00 e. The van der Waals surface area contributed by atoms with Crippen LogP contribution in [0.25, 0.3) is 11.1 Å². The van der Waals surface area contributed by atoms with Crippen LogP contribution in [-0.2, 0) is 37.2 Å². The molecule has 1 aliphatic heterocycles. The maximum absolute atomic E-state index is 10.8. The molecule has 0 radical (unpaired) electrons. The Hall–Kier alpha value is -1.27. The number of benzene rings is 1. The van der Waals surface area contributed by atoms with E-state index in [9.17, 15) is 19.8 Å². The van der Waals surface area contributed by atoms with E-state index in [1.54, 1.807) is 4.90 Å². The molecule has 184 valence electrons. The summed E-state index contributed by atoms with van der Waals surface area (Å²) >= 11 is 0. The molecule has 0 bridgehead atoms. The fourth-order valence-corrected chi connectivity index (χ4v) is 4.91. The van der Waals surface area contributed by atoms with Crippen LogP contribution in [0.4, 0.5) is 0 Å². The zero-order valence-electron chi connectivity index (χ0n) is 19.4. The maximum atomic E-state index is 10.8. The summed E-state index contributed by atoms with van der Waals surface area (Å²) in [4.78, 5) is 23.4. The minimum Gasteiger partial charge on any atom is -0.676 e. The average Bonchev–Trinajstić information content (AvgIpc) is 2.74. The third-order valence-electron chi connectivity index (χ3n) is 7.00. The number of nitrogens with zero attached hydrogens (tertiary/aromatic N) is 2. The molecule has 3 aliphatic rings. The number of carboxylic acid groups (broad SMARTS) is 2. The van der Waals surface area contributed by atoms with E-state index in [-0.39, 0.29) is 40.2 Å². The number of hydrogen-bond acceptors (Lipinski definition) is 5. The van der Waals surface area contributed by atoms with E-state index in [0.717, 1.165) is 17.5 Å². The minimum absolute atomic E-state index is 0. The van der Waals surface area contributed by atoms with Crippen molar-refractivity contribution in [3.63, 3.8) is 0 Å². The fraction of sp³-hybridized carbons (Fsp3) is 0.680. The van der Waals surface area contributed by atoms with Crippen molar-refractivity contribution in [2.75, 3.05) is 13.1 Å². The number of carbonyl (C=O) groups excluding carboxylic acids is 2. The van der Waals surface area contributed by atoms with Crippen molar-refractivity contribution in [2.45, 2.75) is 89.4 Å². The molecule has 1 heterocycles. The van der Waals surface area contributed by atoms with Gasteiger partial charge in [0.1, 0.15) is 0 Å². The third kappa shape index (κ3) is 7.61. The van der Waals surface area contributed by atoms with Crippen molar-refractivity contribution in [1.29, 1.82) is 0 Å². The van der Waals surface area contributed by atoms with Crippen LogP contribution >= 0.6 is 0 Å². The van der Waals surface area contributed by atoms with E-state index < -0.39 is 17.4 Å². The first kappa shape index (κ1) is 28.0. The molecular weight excluding hydrogens is 601 g/mol. The minimum atomic E-state index is -1.84. The van der Waals surface area contributed by atoms with Gasteiger partial charge in [-0.2, -0.15) is 12.1 Å². The molecule has 1 saturated heterocycles. The van der Waals surface area contributed by atoms with E-state index in [2.05, 4.69) is 0 Å². The molecule has 3 fully saturated rings. The summed E-state index contributed by atoms with van der Waals surface area (Å²) in [6.45, 7) is 2.38. The molecule has 0 aromatic heterocycles. The number of aliphatic carboxylic acids is 2. The summed E-state index contributed by atoms with van der Waals surface area (Å²) in [5, 5.41) is 26.5. The second-order valence-electron chi connectivity index (χ2n) is 9.69. The van der Waals surface area contributed by atoms with Crippen molar-refractivity contribution in [1.82, 2.24) is 4.90 Å². The van der Waals surface area contributed by atoms with Crippen molar-refractivity contribution in [2.24, 2.45) is 5.41 Å². The van der Waals surface area contributed by atoms with E-state index in [0.29, 0.717) is 18.6 Å². The Bertz CT molecular complexity index is 745. The molecule has 0 spiro atoms. The first-order chi connectivity index (χ1) is 15.3. The molecule has 2 atom stereocenters. The van der Waals surface area contributed by atoms with E-state index in [1.807, 2.05) is 31.2 Å². The molecule has 1 aromatic rings. The molecule has 1 N–H and O–H groups in total. The Kier molecular flexibility index (Phi) is 11.0. The summed E-state index contributed by atoms with van der Waals surface area (Å²) in [5.41, 5.74) is 8.27. The Labute approximate surface area is 211 Å². The number of nitrogens with one attached hydrogen (secondary N) is 1. The summed E-state index contributed by atoms with van der Waals surface area (Å²) < 4.78 is 0. The SMILES string of the molecule is Cc1ccc(CN2CC(C(=O)[O-])(C(=O)[O-])C2)cc1.[NH-][C@@H]1CCCC[C@H]1[N-]C1CCCCC1.[Pt+4]. The van der Waals surface area contributed by atoms with Crippen LogP contribution in [0.1, 0.15) is 68.9 Å². The molecule has 33 heavy (non-hydrogen) atoms. The molecular formula is C25H35N3O4Pt. The van der Waals surface area contributed by atoms with Crippen LogP contribution in [0.3, 0.4) is 0 Å². The van der Waals surface area contributed by atoms with Crippen molar-refractivity contribution in [3.8, 4) is 0 Å². The van der Waals surface area contributed by atoms with Gasteiger partial charge < -0.3 is 30.9 Å². The van der Waals surface area contributed by atoms with Crippen molar-refractivity contribution in [3.05, 3.63) is 46.4 Å². The smallest absolute Gasteiger partial charge is 0.676 e. The normalized spacial score (nSPS) is 25.0. The van der Waals surface area contributed by atoms with Gasteiger partial charge in [0, 0.05) is 19.6 Å². The summed E-state index contributed by atoms with van der Waals surface area (Å²) in [6.07, 6.45) is 11.5. The zero-order valence-corrected chi connectivity index (χ0v) is 21.6. The average molecular weight is 637 g/mol. The number of aryl methyl sites for hydroxylation is 1. The number of carbonyl (C=O) groups is 2. The Morgan fingerprint density at radius 2 is 1.52 bits per heavy atom. The number of rotatable bonds is 6. The molecule has 2 aliphatic carbocycles. The second-order valence-corrected chi connectivity index (χ2v) is 9.69. The summed E-state index contributed by atoms with van der Waals surface area (Å²) in [5.74, 6) is -3.13. The Balaban J connectivity index is 0.000000233. The molecule has 0 unspecified atom stereocenters. The van der Waals surface area contributed by atoms with E-state index >= 15 is 0 Å². The molecule has 0 amide bonds. The summed E-state index contributed by atoms with van der Waals surface area (Å²) in [7, 11) is 0. The van der Waals surface area contributed by atoms with Crippen molar-refractivity contribution >= 4 is 11.9 Å². The molecule has 7 nitrogen and oxygen atoms in total. The van der Waals surface area contributed by atoms with E-state index in [4.69, 9.17) is 11.1 Å². The quantitative estimate of drug-likeness (QED) is 0.444. The van der Waals surface area contributed by atoms with Crippen LogP contribution in [0.2, 0.25) is 0 Å². The van der Waals surface area contributed by atoms with Crippen LogP contribution in [-0.4, -0.2) is 48.1 Å². The largest absolute Gasteiger partial charge is 4.00 e. The molecule has 4 rings (SSSR count). The van der Waals surface area contributed by atoms with Gasteiger partial charge in [0.25, 0.3) is 0 Å². The van der Waals surface area contributed by atoms with Crippen molar-refractivity contribution < 1.29 is 40.9 Å². The molecule has 8 heteroatoms. The Morgan fingerprint density at radius 3 is 2.06 bits per heavy atom. The van der Waals surface area contributed by atoms with Gasteiger partial charge in [-0.3, -0.25) is 4.90 Å². The first-order valence-electron chi connectivity index (χ1n) is 11.9. The fourth-order valence-electron chi connectivity index (χ4n) is 4.91. The van der Waals surface area contributed by atoms with Gasteiger partial charge in [-0.1, -0.05) is 87.6 Å². The van der Waals surface area contributed by atoms with Gasteiger partial charge in [-0.25, -0.2) is 0 Å². The number of carboxylic acids is 2. The number of likely N-dealkylation sites (tertiary alicyclic amines) is 1. The van der Waals surface area contributed by atoms with Gasteiger partial charge in [0.15, 0.2) is 0 Å². The van der Waals surface area contributed by atoms with Gasteiger partial charge in [0.2, 0.25) is 0 Å². The van der Waals surface area contributed by atoms with Gasteiger partial charge in [-0.05, 0) is 12.5 Å². The van der Waals surface area contributed by atoms with Gasteiger partial charge in [0.05, 0.1) is 17.4 Å². The van der Waals surface area contributed by atoms with E-state index in [1.165, 1.54) is 51.4 Å². The van der Waals surface area contributed by atoms with Crippen LogP contribution in [0, 0.1) is 12.3 Å². The van der Waals surface area contributed by atoms with Gasteiger partial charge >= 0.3 is 21.1 Å². The molecule has 2 saturated carbocycles. The standard InChI is InChI=1S/C13H15NO4.C12H22N2.Pt/c1-9-2-4-10(5-3-9)6-14-7-13(8-14,11(15)16)12(17)18;13-11-8-4-5-9-12(11)14-10-6-2-1-3-7-10;/h2-5H,6-8H2,1H3,(H,15,16)(H,17,18);10-13H,1-9H2;/q;-2;+4/p-2/t;11-,12-;/m.1./s1. The van der Waals surface area contributed by atoms with Crippen LogP contribution in [0.5, 0.6) is 0 Å². The first-order valence-corrected chi connectivity index (χ1v) is 11.9. The predicted molar refractivity (Wildman–Crippen MR) is 120 cm³/mol. The van der Waals surface area contributed by atoms with Gasteiger partial charge in [-0.15, -0.1) is 6.04 Å². The Morgan fingerprint density at radius 1 is 0.970 bits per heavy atom. The predicted octanol–water partition coefficient (Wildman–Crippen LogP) is 2.35. The summed E-state index contributed by atoms with van der Waals surface area (Å²) in [6, 6.07) is 8.90.